The van der Waals surface area contributed by atoms with Gasteiger partial charge in [-0.15, -0.1) is 0 Å². The van der Waals surface area contributed by atoms with Crippen LogP contribution in [-0.4, -0.2) is 22.7 Å². The first kappa shape index (κ1) is 31.1. The molecule has 0 aliphatic carbocycles. The highest BCUT2D eigenvalue weighted by atomic mass is 35.5. The minimum absolute atomic E-state index is 0.0260. The molecule has 0 aliphatic rings. The molecular formula is C33H25ClF3N3O5. The normalized spacial score (nSPS) is 11.5. The fraction of sp³-hybridized carbons (Fsp3) is 0.121. The highest BCUT2D eigenvalue weighted by molar-refractivity contribution is 6.31. The monoisotopic (exact) mass is 635 g/mol. The summed E-state index contributed by atoms with van der Waals surface area (Å²) >= 11 is 6.06. The zero-order chi connectivity index (χ0) is 32.1. The Hall–Kier alpha value is -5.29. The Morgan fingerprint density at radius 1 is 0.956 bits per heavy atom. The number of alkyl halides is 3. The maximum atomic E-state index is 13.0. The van der Waals surface area contributed by atoms with E-state index in [1.54, 1.807) is 6.07 Å². The van der Waals surface area contributed by atoms with E-state index in [2.05, 4.69) is 27.2 Å². The van der Waals surface area contributed by atoms with Crippen molar-refractivity contribution in [3.63, 3.8) is 0 Å². The number of hydrazone groups is 1. The van der Waals surface area contributed by atoms with Gasteiger partial charge < -0.3 is 18.5 Å². The number of aryl methyl sites for hydroxylation is 2. The summed E-state index contributed by atoms with van der Waals surface area (Å²) in [5, 5.41) is 4.14. The number of hydrogen-bond donors (Lipinski definition) is 1. The van der Waals surface area contributed by atoms with E-state index in [-0.39, 0.29) is 34.3 Å². The smallest absolute Gasteiger partial charge is 0.416 e. The predicted molar refractivity (Wildman–Crippen MR) is 161 cm³/mol. The molecule has 2 aromatic heterocycles. The number of nitrogens with zero attached hydrogens (tertiary/aromatic N) is 2. The van der Waals surface area contributed by atoms with Crippen LogP contribution < -0.4 is 14.9 Å². The second-order valence-corrected chi connectivity index (χ2v) is 10.3. The lowest BCUT2D eigenvalue weighted by Gasteiger charge is -2.10. The highest BCUT2D eigenvalue weighted by Crippen LogP contribution is 2.30. The van der Waals surface area contributed by atoms with Gasteiger partial charge in [-0.25, -0.2) is 10.2 Å². The Labute approximate surface area is 260 Å². The molecule has 5 rings (SSSR count). The summed E-state index contributed by atoms with van der Waals surface area (Å²) in [6, 6.07) is 22.8. The van der Waals surface area contributed by atoms with Crippen LogP contribution in [0.2, 0.25) is 5.02 Å². The summed E-state index contributed by atoms with van der Waals surface area (Å²) in [4.78, 5) is 25.2. The van der Waals surface area contributed by atoms with E-state index in [1.807, 2.05) is 38.1 Å². The van der Waals surface area contributed by atoms with Gasteiger partial charge in [0.25, 0.3) is 0 Å². The number of nitrogens with one attached hydrogen (secondary N) is 1. The van der Waals surface area contributed by atoms with Crippen LogP contribution in [0.5, 0.6) is 11.5 Å². The number of furan rings is 1. The first-order valence-electron chi connectivity index (χ1n) is 13.5. The minimum Gasteiger partial charge on any atom is -0.486 e. The van der Waals surface area contributed by atoms with E-state index in [0.717, 1.165) is 29.2 Å². The van der Waals surface area contributed by atoms with Gasteiger partial charge in [0, 0.05) is 27.7 Å². The maximum absolute atomic E-state index is 13.0. The Bertz CT molecular complexity index is 1860. The SMILES string of the molecule is Cc1ccc(C)n1-c1ccc(OCc2ccc(C(=O)N/N=C/c3cc(Cl)ccc3OC(=O)c3cccc(C(F)(F)F)c3)o2)cc1. The summed E-state index contributed by atoms with van der Waals surface area (Å²) in [6.45, 7) is 4.15. The van der Waals surface area contributed by atoms with Crippen molar-refractivity contribution in [2.24, 2.45) is 5.10 Å². The van der Waals surface area contributed by atoms with Crippen molar-refractivity contribution in [1.29, 1.82) is 0 Å². The maximum Gasteiger partial charge on any atom is 0.416 e. The molecule has 3 aromatic carbocycles. The molecule has 0 radical (unpaired) electrons. The molecule has 5 aromatic rings. The zero-order valence-electron chi connectivity index (χ0n) is 23.9. The van der Waals surface area contributed by atoms with E-state index in [0.29, 0.717) is 17.6 Å². The Morgan fingerprint density at radius 3 is 2.40 bits per heavy atom. The van der Waals surface area contributed by atoms with Crippen LogP contribution in [0.3, 0.4) is 0 Å². The molecule has 2 heterocycles. The van der Waals surface area contributed by atoms with E-state index < -0.39 is 23.6 Å². The second-order valence-electron chi connectivity index (χ2n) is 9.85. The number of carbonyl (C=O) groups is 2. The number of rotatable bonds is 9. The molecule has 0 fully saturated rings. The van der Waals surface area contributed by atoms with Crippen molar-refractivity contribution in [2.45, 2.75) is 26.6 Å². The summed E-state index contributed by atoms with van der Waals surface area (Å²) in [5.74, 6) is -0.715. The predicted octanol–water partition coefficient (Wildman–Crippen LogP) is 7.92. The lowest BCUT2D eigenvalue weighted by Crippen LogP contribution is -2.17. The molecule has 0 saturated heterocycles. The largest absolute Gasteiger partial charge is 0.486 e. The fourth-order valence-corrected chi connectivity index (χ4v) is 4.59. The molecule has 0 bridgehead atoms. The van der Waals surface area contributed by atoms with Crippen LogP contribution in [-0.2, 0) is 12.8 Å². The lowest BCUT2D eigenvalue weighted by atomic mass is 10.1. The Morgan fingerprint density at radius 2 is 1.69 bits per heavy atom. The second kappa shape index (κ2) is 13.1. The van der Waals surface area contributed by atoms with Gasteiger partial charge in [-0.05, 0) is 98.8 Å². The van der Waals surface area contributed by atoms with Crippen molar-refractivity contribution >= 4 is 29.7 Å². The van der Waals surface area contributed by atoms with E-state index in [9.17, 15) is 22.8 Å². The minimum atomic E-state index is -4.62. The van der Waals surface area contributed by atoms with Gasteiger partial charge in [0.1, 0.15) is 23.9 Å². The molecule has 1 amide bonds. The van der Waals surface area contributed by atoms with Crippen LogP contribution in [0, 0.1) is 13.8 Å². The third kappa shape index (κ3) is 7.63. The van der Waals surface area contributed by atoms with Crippen molar-refractivity contribution in [3.05, 3.63) is 136 Å². The number of benzene rings is 3. The van der Waals surface area contributed by atoms with Gasteiger partial charge in [0.15, 0.2) is 5.76 Å². The average molecular weight is 636 g/mol. The van der Waals surface area contributed by atoms with Crippen LogP contribution >= 0.6 is 11.6 Å². The molecule has 0 spiro atoms. The fourth-order valence-electron chi connectivity index (χ4n) is 4.41. The summed E-state index contributed by atoms with van der Waals surface area (Å²) in [5.41, 5.74) is 4.46. The molecule has 8 nitrogen and oxygen atoms in total. The van der Waals surface area contributed by atoms with Crippen molar-refractivity contribution in [3.8, 4) is 17.2 Å². The summed E-state index contributed by atoms with van der Waals surface area (Å²) in [6.07, 6.45) is -3.45. The first-order valence-corrected chi connectivity index (χ1v) is 13.8. The van der Waals surface area contributed by atoms with Gasteiger partial charge in [-0.2, -0.15) is 18.3 Å². The number of ether oxygens (including phenoxy) is 2. The molecule has 1 N–H and O–H groups in total. The van der Waals surface area contributed by atoms with Gasteiger partial charge in [-0.1, -0.05) is 17.7 Å². The van der Waals surface area contributed by atoms with Crippen LogP contribution in [0.1, 0.15) is 49.2 Å². The molecule has 0 atom stereocenters. The standard InChI is InChI=1S/C33H25ClF3N3O5/c1-20-6-7-21(2)40(20)26-9-11-27(12-10-26)43-19-28-13-15-30(44-28)31(41)39-38-18-23-17-25(34)8-14-29(23)45-32(42)22-4-3-5-24(16-22)33(35,36)37/h3-18H,19H2,1-2H3,(H,39,41)/b38-18+. The number of halogens is 4. The van der Waals surface area contributed by atoms with Gasteiger partial charge in [-0.3, -0.25) is 4.79 Å². The van der Waals surface area contributed by atoms with Gasteiger partial charge in [0.05, 0.1) is 17.3 Å². The molecule has 0 unspecified atom stereocenters. The quantitative estimate of drug-likeness (QED) is 0.0768. The lowest BCUT2D eigenvalue weighted by molar-refractivity contribution is -0.137. The number of aromatic nitrogens is 1. The molecule has 230 valence electrons. The van der Waals surface area contributed by atoms with Crippen LogP contribution in [0.4, 0.5) is 13.2 Å². The van der Waals surface area contributed by atoms with Crippen molar-refractivity contribution in [2.75, 3.05) is 0 Å². The third-order valence-corrected chi connectivity index (χ3v) is 6.84. The number of amides is 1. The van der Waals surface area contributed by atoms with Crippen molar-refractivity contribution in [1.82, 2.24) is 9.99 Å². The molecular weight excluding hydrogens is 611 g/mol. The molecule has 0 saturated carbocycles. The Balaban J connectivity index is 1.18. The average Bonchev–Trinajstić information content (AvgIpc) is 3.63. The number of esters is 1. The first-order chi connectivity index (χ1) is 21.5. The van der Waals surface area contributed by atoms with E-state index in [4.69, 9.17) is 25.5 Å². The van der Waals surface area contributed by atoms with E-state index >= 15 is 0 Å². The zero-order valence-corrected chi connectivity index (χ0v) is 24.6. The number of carbonyl (C=O) groups excluding carboxylic acids is 2. The van der Waals surface area contributed by atoms with Gasteiger partial charge >= 0.3 is 18.1 Å². The number of hydrogen-bond acceptors (Lipinski definition) is 6. The summed E-state index contributed by atoms with van der Waals surface area (Å²) in [7, 11) is 0. The van der Waals surface area contributed by atoms with Crippen LogP contribution in [0.25, 0.3) is 5.69 Å². The molecule has 0 aliphatic heterocycles. The highest BCUT2D eigenvalue weighted by Gasteiger charge is 2.31. The third-order valence-electron chi connectivity index (χ3n) is 6.60. The van der Waals surface area contributed by atoms with Gasteiger partial charge in [0.2, 0.25) is 0 Å². The van der Waals surface area contributed by atoms with Crippen molar-refractivity contribution < 1.29 is 36.7 Å². The Kier molecular flexibility index (Phi) is 9.10. The summed E-state index contributed by atoms with van der Waals surface area (Å²) < 4.78 is 57.9. The topological polar surface area (TPSA) is 95.1 Å². The van der Waals surface area contributed by atoms with Crippen LogP contribution in [0.15, 0.2) is 101 Å². The molecule has 12 heteroatoms. The van der Waals surface area contributed by atoms with E-state index in [1.165, 1.54) is 36.5 Å². The molecule has 45 heavy (non-hydrogen) atoms.